The van der Waals surface area contributed by atoms with Gasteiger partial charge in [-0.3, -0.25) is 0 Å². The zero-order valence-corrected chi connectivity index (χ0v) is 26.4. The van der Waals surface area contributed by atoms with Crippen LogP contribution in [0.4, 0.5) is 0 Å². The molecule has 0 saturated carbocycles. The van der Waals surface area contributed by atoms with Crippen LogP contribution in [-0.2, 0) is 0 Å². The van der Waals surface area contributed by atoms with Gasteiger partial charge in [0, 0.05) is 21.8 Å². The number of para-hydroxylation sites is 1. The standard InChI is InChI=1S/C47H26N2/c48-27-34-17-23-42-47-39(34)20-16-33-25-35(26-43(46(33)47)49(42)36-8-2-1-3-9-36)38-19-13-30-14-21-40-37(18-12-29-15-22-41(38)45(30)44(29)40)32-11-10-28-6-4-5-7-31(28)24-32/h1-26H. The Balaban J connectivity index is 1.20. The summed E-state index contributed by atoms with van der Waals surface area (Å²) in [6.07, 6.45) is 0. The molecular formula is C47H26N2. The van der Waals surface area contributed by atoms with Gasteiger partial charge in [0.2, 0.25) is 0 Å². The van der Waals surface area contributed by atoms with E-state index in [4.69, 9.17) is 0 Å². The van der Waals surface area contributed by atoms with Gasteiger partial charge in [-0.25, -0.2) is 0 Å². The molecule has 0 saturated heterocycles. The highest BCUT2D eigenvalue weighted by Crippen LogP contribution is 2.46. The lowest BCUT2D eigenvalue weighted by Gasteiger charge is -2.17. The summed E-state index contributed by atoms with van der Waals surface area (Å²) in [6.45, 7) is 0. The molecule has 0 atom stereocenters. The lowest BCUT2D eigenvalue weighted by Crippen LogP contribution is -1.94. The Morgan fingerprint density at radius 2 is 1.00 bits per heavy atom. The van der Waals surface area contributed by atoms with Crippen molar-refractivity contribution in [2.75, 3.05) is 0 Å². The van der Waals surface area contributed by atoms with E-state index in [1.165, 1.54) is 76.1 Å². The molecule has 49 heavy (non-hydrogen) atoms. The van der Waals surface area contributed by atoms with Gasteiger partial charge < -0.3 is 4.57 Å². The van der Waals surface area contributed by atoms with Crippen molar-refractivity contribution < 1.29 is 0 Å². The van der Waals surface area contributed by atoms with Crippen molar-refractivity contribution in [2.24, 2.45) is 0 Å². The average molecular weight is 619 g/mol. The fourth-order valence-electron chi connectivity index (χ4n) is 8.53. The molecule has 11 rings (SSSR count). The Morgan fingerprint density at radius 3 is 1.76 bits per heavy atom. The Bertz CT molecular complexity index is 3160. The van der Waals surface area contributed by atoms with Gasteiger partial charge in [-0.05, 0) is 113 Å². The summed E-state index contributed by atoms with van der Waals surface area (Å²) >= 11 is 0. The van der Waals surface area contributed by atoms with Crippen LogP contribution < -0.4 is 0 Å². The van der Waals surface area contributed by atoms with Crippen LogP contribution in [0.25, 0.3) is 104 Å². The first-order valence-corrected chi connectivity index (χ1v) is 16.7. The molecule has 0 N–H and O–H groups in total. The Hall–Kier alpha value is -6.69. The van der Waals surface area contributed by atoms with Crippen molar-refractivity contribution >= 4 is 75.7 Å². The van der Waals surface area contributed by atoms with Gasteiger partial charge in [0.25, 0.3) is 0 Å². The monoisotopic (exact) mass is 618 g/mol. The maximum Gasteiger partial charge on any atom is 0.0998 e. The number of rotatable bonds is 3. The quantitative estimate of drug-likeness (QED) is 0.181. The first kappa shape index (κ1) is 26.4. The van der Waals surface area contributed by atoms with Crippen LogP contribution in [0.15, 0.2) is 158 Å². The zero-order valence-electron chi connectivity index (χ0n) is 26.4. The van der Waals surface area contributed by atoms with E-state index >= 15 is 0 Å². The summed E-state index contributed by atoms with van der Waals surface area (Å²) in [4.78, 5) is 0. The fourth-order valence-corrected chi connectivity index (χ4v) is 8.53. The molecule has 0 radical (unpaired) electrons. The molecule has 11 aromatic rings. The largest absolute Gasteiger partial charge is 0.309 e. The van der Waals surface area contributed by atoms with E-state index < -0.39 is 0 Å². The predicted octanol–water partition coefficient (Wildman–Crippen LogP) is 12.6. The summed E-state index contributed by atoms with van der Waals surface area (Å²) in [5, 5.41) is 24.7. The lowest BCUT2D eigenvalue weighted by molar-refractivity contribution is 1.18. The van der Waals surface area contributed by atoms with Gasteiger partial charge in [-0.2, -0.15) is 5.26 Å². The highest BCUT2D eigenvalue weighted by molar-refractivity contribution is 6.29. The number of benzene rings is 10. The van der Waals surface area contributed by atoms with Crippen molar-refractivity contribution in [3.63, 3.8) is 0 Å². The molecule has 224 valence electrons. The molecule has 0 spiro atoms. The Labute approximate surface area is 282 Å². The second kappa shape index (κ2) is 9.67. The molecule has 1 aromatic heterocycles. The molecule has 2 nitrogen and oxygen atoms in total. The number of aromatic nitrogens is 1. The van der Waals surface area contributed by atoms with Gasteiger partial charge in [0.1, 0.15) is 0 Å². The third kappa shape index (κ3) is 3.59. The number of nitrogens with zero attached hydrogens (tertiary/aromatic N) is 2. The molecule has 0 aliphatic heterocycles. The van der Waals surface area contributed by atoms with Gasteiger partial charge in [-0.15, -0.1) is 0 Å². The first-order chi connectivity index (χ1) is 24.2. The minimum atomic E-state index is 0.709. The van der Waals surface area contributed by atoms with Gasteiger partial charge >= 0.3 is 0 Å². The maximum absolute atomic E-state index is 9.97. The third-order valence-corrected chi connectivity index (χ3v) is 10.7. The van der Waals surface area contributed by atoms with Crippen LogP contribution in [0.1, 0.15) is 5.56 Å². The first-order valence-electron chi connectivity index (χ1n) is 16.7. The van der Waals surface area contributed by atoms with Crippen molar-refractivity contribution in [1.82, 2.24) is 4.57 Å². The number of fused-ring (bicyclic) bond motifs is 1. The SMILES string of the molecule is N#Cc1ccc2c3c1ccc1cc(-c4ccc5ccc6c(-c7ccc8ccccc8c7)ccc7ccc4c5c76)cc(c13)n2-c1ccccc1. The van der Waals surface area contributed by atoms with Crippen molar-refractivity contribution in [3.05, 3.63) is 163 Å². The van der Waals surface area contributed by atoms with E-state index in [-0.39, 0.29) is 0 Å². The smallest absolute Gasteiger partial charge is 0.0998 e. The summed E-state index contributed by atoms with van der Waals surface area (Å²) < 4.78 is 2.36. The number of hydrogen-bond acceptors (Lipinski definition) is 1. The Morgan fingerprint density at radius 1 is 0.388 bits per heavy atom. The fraction of sp³-hybridized carbons (Fsp3) is 0. The summed E-state index contributed by atoms with van der Waals surface area (Å²) in [7, 11) is 0. The predicted molar refractivity (Wildman–Crippen MR) is 206 cm³/mol. The molecule has 10 aromatic carbocycles. The van der Waals surface area contributed by atoms with E-state index in [9.17, 15) is 5.26 Å². The lowest BCUT2D eigenvalue weighted by atomic mass is 9.86. The number of nitriles is 1. The molecule has 0 fully saturated rings. The molecule has 0 unspecified atom stereocenters. The third-order valence-electron chi connectivity index (χ3n) is 10.7. The van der Waals surface area contributed by atoms with Crippen LogP contribution in [0.3, 0.4) is 0 Å². The number of hydrogen-bond donors (Lipinski definition) is 0. The van der Waals surface area contributed by atoms with Gasteiger partial charge in [-0.1, -0.05) is 115 Å². The van der Waals surface area contributed by atoms with Crippen LogP contribution in [0, 0.1) is 11.3 Å². The van der Waals surface area contributed by atoms with E-state index in [0.717, 1.165) is 27.5 Å². The Kier molecular flexibility index (Phi) is 5.21. The highest BCUT2D eigenvalue weighted by atomic mass is 15.0. The average Bonchev–Trinajstić information content (AvgIpc) is 3.50. The molecule has 0 aliphatic carbocycles. The van der Waals surface area contributed by atoms with Gasteiger partial charge in [0.15, 0.2) is 0 Å². The summed E-state index contributed by atoms with van der Waals surface area (Å²) in [5.41, 5.74) is 8.99. The van der Waals surface area contributed by atoms with E-state index in [1.807, 2.05) is 6.07 Å². The van der Waals surface area contributed by atoms with Crippen LogP contribution in [0.2, 0.25) is 0 Å². The molecule has 1 heterocycles. The topological polar surface area (TPSA) is 28.7 Å². The van der Waals surface area contributed by atoms with E-state index in [2.05, 4.69) is 162 Å². The van der Waals surface area contributed by atoms with Crippen molar-refractivity contribution in [1.29, 1.82) is 5.26 Å². The van der Waals surface area contributed by atoms with Crippen LogP contribution in [-0.4, -0.2) is 4.57 Å². The highest BCUT2D eigenvalue weighted by Gasteiger charge is 2.21. The minimum absolute atomic E-state index is 0.709. The van der Waals surface area contributed by atoms with Gasteiger partial charge in [0.05, 0.1) is 22.7 Å². The molecule has 0 bridgehead atoms. The summed E-state index contributed by atoms with van der Waals surface area (Å²) in [5.74, 6) is 0. The molecular weight excluding hydrogens is 593 g/mol. The normalized spacial score (nSPS) is 12.1. The van der Waals surface area contributed by atoms with Crippen molar-refractivity contribution in [2.45, 2.75) is 0 Å². The molecule has 0 aliphatic rings. The second-order valence-electron chi connectivity index (χ2n) is 13.2. The summed E-state index contributed by atoms with van der Waals surface area (Å²) in [6, 6.07) is 59.8. The molecule has 2 heteroatoms. The maximum atomic E-state index is 9.97. The minimum Gasteiger partial charge on any atom is -0.309 e. The van der Waals surface area contributed by atoms with Crippen molar-refractivity contribution in [3.8, 4) is 34.0 Å². The van der Waals surface area contributed by atoms with E-state index in [0.29, 0.717) is 5.56 Å². The zero-order chi connectivity index (χ0) is 32.2. The van der Waals surface area contributed by atoms with Crippen LogP contribution >= 0.6 is 0 Å². The van der Waals surface area contributed by atoms with E-state index in [1.54, 1.807) is 0 Å². The van der Waals surface area contributed by atoms with Crippen LogP contribution in [0.5, 0.6) is 0 Å². The molecule has 0 amide bonds. The second-order valence-corrected chi connectivity index (χ2v) is 13.2.